The lowest BCUT2D eigenvalue weighted by atomic mass is 9.93. The lowest BCUT2D eigenvalue weighted by molar-refractivity contribution is -0.124. The molecule has 3 rings (SSSR count). The van der Waals surface area contributed by atoms with Gasteiger partial charge in [-0.2, -0.15) is 0 Å². The average molecular weight is 542 g/mol. The number of benzene rings is 2. The Bertz CT molecular complexity index is 1100. The summed E-state index contributed by atoms with van der Waals surface area (Å²) in [7, 11) is 1.69. The van der Waals surface area contributed by atoms with Gasteiger partial charge < -0.3 is 25.4 Å². The van der Waals surface area contributed by atoms with Crippen molar-refractivity contribution in [2.45, 2.75) is 63.6 Å². The highest BCUT2D eigenvalue weighted by molar-refractivity contribution is 6.30. The Hall–Kier alpha value is -3.36. The smallest absolute Gasteiger partial charge is 0.408 e. The van der Waals surface area contributed by atoms with E-state index in [2.05, 4.69) is 10.6 Å². The predicted octanol–water partition coefficient (Wildman–Crippen LogP) is 4.75. The van der Waals surface area contributed by atoms with Crippen LogP contribution in [0.1, 0.15) is 50.5 Å². The van der Waals surface area contributed by atoms with E-state index in [-0.39, 0.29) is 32.0 Å². The third-order valence-electron chi connectivity index (χ3n) is 6.50. The molecule has 0 aromatic heterocycles. The van der Waals surface area contributed by atoms with E-state index in [0.29, 0.717) is 5.02 Å². The summed E-state index contributed by atoms with van der Waals surface area (Å²) in [4.78, 5) is 39.9. The Kier molecular flexibility index (Phi) is 11.6. The number of aliphatic hydroxyl groups excluding tert-OH is 1. The Morgan fingerprint density at radius 1 is 1.05 bits per heavy atom. The minimum absolute atomic E-state index is 0.00755. The van der Waals surface area contributed by atoms with Gasteiger partial charge in [-0.25, -0.2) is 4.79 Å². The third-order valence-corrected chi connectivity index (χ3v) is 6.74. The van der Waals surface area contributed by atoms with Crippen LogP contribution in [0.4, 0.5) is 10.5 Å². The van der Waals surface area contributed by atoms with Crippen molar-refractivity contribution in [1.29, 1.82) is 0 Å². The largest absolute Gasteiger partial charge is 0.445 e. The van der Waals surface area contributed by atoms with E-state index in [1.165, 1.54) is 0 Å². The van der Waals surface area contributed by atoms with E-state index in [4.69, 9.17) is 16.3 Å². The van der Waals surface area contributed by atoms with E-state index in [9.17, 15) is 19.5 Å². The van der Waals surface area contributed by atoms with Gasteiger partial charge in [0.15, 0.2) is 0 Å². The van der Waals surface area contributed by atoms with Crippen LogP contribution in [0.15, 0.2) is 66.2 Å². The first-order chi connectivity index (χ1) is 18.4. The minimum Gasteiger partial charge on any atom is -0.445 e. The van der Waals surface area contributed by atoms with E-state index in [0.717, 1.165) is 48.9 Å². The van der Waals surface area contributed by atoms with Crippen molar-refractivity contribution in [3.63, 3.8) is 0 Å². The van der Waals surface area contributed by atoms with E-state index in [1.54, 1.807) is 42.3 Å². The van der Waals surface area contributed by atoms with Crippen molar-refractivity contribution < 1.29 is 24.2 Å². The molecule has 0 bridgehead atoms. The maximum Gasteiger partial charge on any atom is 0.408 e. The van der Waals surface area contributed by atoms with E-state index >= 15 is 0 Å². The van der Waals surface area contributed by atoms with Crippen LogP contribution in [0.5, 0.6) is 0 Å². The number of nitrogens with zero attached hydrogens (tertiary/aromatic N) is 1. The Labute approximate surface area is 229 Å². The van der Waals surface area contributed by atoms with Crippen molar-refractivity contribution in [2.75, 3.05) is 18.6 Å². The fraction of sp³-hybridized carbons (Fsp3) is 0.414. The van der Waals surface area contributed by atoms with Crippen LogP contribution in [0, 0.1) is 0 Å². The molecule has 0 unspecified atom stereocenters. The van der Waals surface area contributed by atoms with Crippen LogP contribution >= 0.6 is 11.6 Å². The van der Waals surface area contributed by atoms with E-state index in [1.807, 2.05) is 30.3 Å². The second-order valence-corrected chi connectivity index (χ2v) is 9.87. The average Bonchev–Trinajstić information content (AvgIpc) is 2.94. The zero-order chi connectivity index (χ0) is 27.3. The minimum atomic E-state index is -0.966. The Morgan fingerprint density at radius 2 is 1.79 bits per heavy atom. The summed E-state index contributed by atoms with van der Waals surface area (Å²) in [5, 5.41) is 15.8. The number of para-hydroxylation sites is 1. The topological polar surface area (TPSA) is 108 Å². The number of anilines is 1. The maximum absolute atomic E-state index is 13.2. The molecule has 0 aliphatic heterocycles. The van der Waals surface area contributed by atoms with Crippen LogP contribution in [-0.4, -0.2) is 48.8 Å². The molecule has 1 aliphatic rings. The molecule has 204 valence electrons. The van der Waals surface area contributed by atoms with Crippen molar-refractivity contribution in [3.05, 3.63) is 76.8 Å². The maximum atomic E-state index is 13.2. The van der Waals surface area contributed by atoms with Gasteiger partial charge in [-0.1, -0.05) is 60.0 Å². The monoisotopic (exact) mass is 541 g/mol. The summed E-state index contributed by atoms with van der Waals surface area (Å²) in [6.07, 6.45) is 6.38. The van der Waals surface area contributed by atoms with Crippen LogP contribution in [0.3, 0.4) is 0 Å². The SMILES string of the molecule is CN(C(=O)CC[C@@H](CO)NC(=O)[C@H](C=C1CCCCC1)NC(=O)OCc1cccc(Cl)c1)c1ccccc1. The lowest BCUT2D eigenvalue weighted by Crippen LogP contribution is -2.50. The van der Waals surface area contributed by atoms with Crippen LogP contribution < -0.4 is 15.5 Å². The number of carbonyl (C=O) groups is 3. The summed E-state index contributed by atoms with van der Waals surface area (Å²) in [5.74, 6) is -0.599. The normalized spacial score (nSPS) is 14.7. The molecule has 2 aromatic carbocycles. The Balaban J connectivity index is 1.59. The summed E-state index contributed by atoms with van der Waals surface area (Å²) in [6, 6.07) is 14.6. The number of hydrogen-bond donors (Lipinski definition) is 3. The first kappa shape index (κ1) is 29.2. The molecule has 1 aliphatic carbocycles. The van der Waals surface area contributed by atoms with Crippen molar-refractivity contribution in [1.82, 2.24) is 10.6 Å². The standard InChI is InChI=1S/C29H36ClN3O5/c1-33(25-13-6-3-7-14-25)27(35)16-15-24(19-34)31-28(36)26(18-21-9-4-2-5-10-21)32-29(37)38-20-22-11-8-12-23(30)17-22/h3,6-8,11-14,17-18,24,26,34H,2,4-5,9-10,15-16,19-20H2,1H3,(H,31,36)(H,32,37)/t24-,26-/m0/s1. The van der Waals surface area contributed by atoms with Gasteiger partial charge in [0.1, 0.15) is 12.6 Å². The second kappa shape index (κ2) is 15.1. The fourth-order valence-corrected chi connectivity index (χ4v) is 4.51. The van der Waals surface area contributed by atoms with Crippen LogP contribution in [0.2, 0.25) is 5.02 Å². The molecule has 0 radical (unpaired) electrons. The molecule has 3 amide bonds. The zero-order valence-electron chi connectivity index (χ0n) is 21.7. The first-order valence-electron chi connectivity index (χ1n) is 13.0. The third kappa shape index (κ3) is 9.50. The molecule has 1 fully saturated rings. The number of amides is 3. The molecule has 0 saturated heterocycles. The molecule has 2 aromatic rings. The molecule has 2 atom stereocenters. The number of carbonyl (C=O) groups excluding carboxylic acids is 3. The number of allylic oxidation sites excluding steroid dienone is 1. The molecule has 38 heavy (non-hydrogen) atoms. The number of nitrogens with one attached hydrogen (secondary N) is 2. The van der Waals surface area contributed by atoms with Gasteiger partial charge in [-0.05, 0) is 61.9 Å². The van der Waals surface area contributed by atoms with Crippen molar-refractivity contribution in [3.8, 4) is 0 Å². The van der Waals surface area contributed by atoms with Gasteiger partial charge in [0.25, 0.3) is 0 Å². The molecule has 3 N–H and O–H groups in total. The highest BCUT2D eigenvalue weighted by atomic mass is 35.5. The number of rotatable bonds is 11. The second-order valence-electron chi connectivity index (χ2n) is 9.43. The highest BCUT2D eigenvalue weighted by Gasteiger charge is 2.24. The van der Waals surface area contributed by atoms with Gasteiger partial charge in [-0.15, -0.1) is 0 Å². The first-order valence-corrected chi connectivity index (χ1v) is 13.3. The van der Waals surface area contributed by atoms with E-state index < -0.39 is 24.1 Å². The van der Waals surface area contributed by atoms with Crippen molar-refractivity contribution in [2.24, 2.45) is 0 Å². The molecule has 9 heteroatoms. The summed E-state index contributed by atoms with van der Waals surface area (Å²) in [5.41, 5.74) is 2.60. The van der Waals surface area contributed by atoms with Gasteiger partial charge in [0.2, 0.25) is 11.8 Å². The number of ether oxygens (including phenoxy) is 1. The summed E-state index contributed by atoms with van der Waals surface area (Å²) < 4.78 is 5.31. The van der Waals surface area contributed by atoms with Gasteiger partial charge >= 0.3 is 6.09 Å². The quantitative estimate of drug-likeness (QED) is 0.356. The molecular weight excluding hydrogens is 506 g/mol. The predicted molar refractivity (Wildman–Crippen MR) is 148 cm³/mol. The summed E-state index contributed by atoms with van der Waals surface area (Å²) in [6.45, 7) is -0.329. The lowest BCUT2D eigenvalue weighted by Gasteiger charge is -2.23. The number of aliphatic hydroxyl groups is 1. The van der Waals surface area contributed by atoms with Crippen molar-refractivity contribution >= 4 is 35.2 Å². The van der Waals surface area contributed by atoms with Crippen LogP contribution in [-0.2, 0) is 20.9 Å². The number of alkyl carbamates (subject to hydrolysis) is 1. The highest BCUT2D eigenvalue weighted by Crippen LogP contribution is 2.23. The fourth-order valence-electron chi connectivity index (χ4n) is 4.30. The molecule has 0 spiro atoms. The molecule has 0 heterocycles. The van der Waals surface area contributed by atoms with Gasteiger partial charge in [-0.3, -0.25) is 9.59 Å². The zero-order valence-corrected chi connectivity index (χ0v) is 22.5. The van der Waals surface area contributed by atoms with Gasteiger partial charge in [0.05, 0.1) is 12.6 Å². The summed E-state index contributed by atoms with van der Waals surface area (Å²) >= 11 is 5.99. The number of hydrogen-bond acceptors (Lipinski definition) is 5. The molecule has 1 saturated carbocycles. The number of halogens is 1. The molecule has 8 nitrogen and oxygen atoms in total. The molecular formula is C29H36ClN3O5. The van der Waals surface area contributed by atoms with Crippen LogP contribution in [0.25, 0.3) is 0 Å². The van der Waals surface area contributed by atoms with Gasteiger partial charge in [0, 0.05) is 24.2 Å². The Morgan fingerprint density at radius 3 is 2.47 bits per heavy atom.